The molecule has 0 aliphatic heterocycles. The third-order valence-corrected chi connectivity index (χ3v) is 5.27. The quantitative estimate of drug-likeness (QED) is 0.172. The number of carbonyl (C=O) groups excluding carboxylic acids is 2. The zero-order valence-corrected chi connectivity index (χ0v) is 20.4. The summed E-state index contributed by atoms with van der Waals surface area (Å²) in [6.07, 6.45) is 3.58. The first kappa shape index (κ1) is 26.7. The van der Waals surface area contributed by atoms with Gasteiger partial charge in [-0.15, -0.1) is 6.58 Å². The van der Waals surface area contributed by atoms with Crippen molar-refractivity contribution in [2.45, 2.75) is 13.0 Å². The van der Waals surface area contributed by atoms with Crippen molar-refractivity contribution in [2.75, 3.05) is 19.5 Å². The molecule has 0 unspecified atom stereocenters. The Morgan fingerprint density at radius 3 is 2.38 bits per heavy atom. The van der Waals surface area contributed by atoms with Crippen molar-refractivity contribution in [2.24, 2.45) is 0 Å². The minimum absolute atomic E-state index is 0.136. The maximum atomic E-state index is 13.2. The zero-order valence-electron chi connectivity index (χ0n) is 20.4. The molecule has 7 nitrogen and oxygen atoms in total. The van der Waals surface area contributed by atoms with Gasteiger partial charge in [0.2, 0.25) is 0 Å². The van der Waals surface area contributed by atoms with Gasteiger partial charge in [-0.3, -0.25) is 4.79 Å². The number of hydrogen-bond donors (Lipinski definition) is 1. The van der Waals surface area contributed by atoms with Crippen LogP contribution in [0.4, 0.5) is 10.1 Å². The van der Waals surface area contributed by atoms with E-state index in [0.29, 0.717) is 34.7 Å². The van der Waals surface area contributed by atoms with Gasteiger partial charge >= 0.3 is 5.97 Å². The van der Waals surface area contributed by atoms with Crippen molar-refractivity contribution in [3.63, 3.8) is 0 Å². The Kier molecular flexibility index (Phi) is 9.17. The number of nitrogens with zero attached hydrogens (tertiary/aromatic N) is 1. The number of ether oxygens (including phenoxy) is 3. The third kappa shape index (κ3) is 7.05. The lowest BCUT2D eigenvalue weighted by Crippen LogP contribution is -2.13. The number of anilines is 1. The normalized spacial score (nSPS) is 10.7. The smallest absolute Gasteiger partial charge is 0.337 e. The number of rotatable bonds is 10. The van der Waals surface area contributed by atoms with E-state index in [4.69, 9.17) is 9.47 Å². The molecule has 0 saturated carbocycles. The van der Waals surface area contributed by atoms with Crippen LogP contribution in [0.2, 0.25) is 0 Å². The molecule has 1 amide bonds. The van der Waals surface area contributed by atoms with E-state index in [1.54, 1.807) is 30.3 Å². The average molecular weight is 501 g/mol. The average Bonchev–Trinajstić information content (AvgIpc) is 2.91. The molecule has 0 bridgehead atoms. The highest BCUT2D eigenvalue weighted by Crippen LogP contribution is 2.35. The third-order valence-electron chi connectivity index (χ3n) is 5.27. The number of halogens is 1. The summed E-state index contributed by atoms with van der Waals surface area (Å²) in [4.78, 5) is 24.3. The van der Waals surface area contributed by atoms with E-state index in [1.165, 1.54) is 56.7 Å². The maximum Gasteiger partial charge on any atom is 0.337 e. The van der Waals surface area contributed by atoms with Gasteiger partial charge < -0.3 is 19.5 Å². The molecule has 8 heteroatoms. The number of amides is 1. The maximum absolute atomic E-state index is 13.2. The van der Waals surface area contributed by atoms with E-state index in [2.05, 4.69) is 16.6 Å². The highest BCUT2D eigenvalue weighted by Gasteiger charge is 2.15. The van der Waals surface area contributed by atoms with Crippen LogP contribution in [0.1, 0.15) is 27.0 Å². The highest BCUT2D eigenvalue weighted by molar-refractivity contribution is 6.09. The molecular formula is C29H25FN2O5. The Morgan fingerprint density at radius 2 is 1.78 bits per heavy atom. The van der Waals surface area contributed by atoms with Gasteiger partial charge in [0.25, 0.3) is 5.91 Å². The molecule has 0 radical (unpaired) electrons. The number of allylic oxidation sites excluding steroid dienone is 1. The second kappa shape index (κ2) is 12.7. The molecule has 0 atom stereocenters. The Bertz CT molecular complexity index is 1360. The summed E-state index contributed by atoms with van der Waals surface area (Å²) in [5.74, 6) is -0.555. The lowest BCUT2D eigenvalue weighted by atomic mass is 10.0. The number of methoxy groups -OCH3 is 2. The van der Waals surface area contributed by atoms with Crippen LogP contribution < -0.4 is 14.8 Å². The number of esters is 1. The lowest BCUT2D eigenvalue weighted by Gasteiger charge is -2.16. The Hall–Kier alpha value is -4.90. The van der Waals surface area contributed by atoms with Crippen LogP contribution in [0.5, 0.6) is 11.5 Å². The van der Waals surface area contributed by atoms with Gasteiger partial charge in [-0.1, -0.05) is 18.2 Å². The molecular weight excluding hydrogens is 475 g/mol. The molecule has 188 valence electrons. The second-order valence-electron chi connectivity index (χ2n) is 7.81. The van der Waals surface area contributed by atoms with E-state index >= 15 is 0 Å². The van der Waals surface area contributed by atoms with Crippen LogP contribution >= 0.6 is 0 Å². The van der Waals surface area contributed by atoms with Crippen LogP contribution in [0.25, 0.3) is 6.08 Å². The first-order chi connectivity index (χ1) is 17.9. The molecule has 1 N–H and O–H groups in total. The molecule has 0 fully saturated rings. The SMILES string of the molecule is C=CCc1cc(/C=C(\C#N)C(=O)Nc2ccc(C(=O)OC)cc2)cc(OC)c1OCc1ccc(F)cc1. The lowest BCUT2D eigenvalue weighted by molar-refractivity contribution is -0.112. The monoisotopic (exact) mass is 500 g/mol. The van der Waals surface area contributed by atoms with E-state index < -0.39 is 11.9 Å². The molecule has 0 aliphatic rings. The number of carbonyl (C=O) groups is 2. The fourth-order valence-corrected chi connectivity index (χ4v) is 3.45. The van der Waals surface area contributed by atoms with Crippen LogP contribution in [-0.2, 0) is 22.6 Å². The van der Waals surface area contributed by atoms with Crippen molar-refractivity contribution in [1.29, 1.82) is 5.26 Å². The van der Waals surface area contributed by atoms with Crippen molar-refractivity contribution < 1.29 is 28.2 Å². The number of nitrogens with one attached hydrogen (secondary N) is 1. The summed E-state index contributed by atoms with van der Waals surface area (Å²) in [5.41, 5.74) is 2.67. The second-order valence-corrected chi connectivity index (χ2v) is 7.81. The van der Waals surface area contributed by atoms with Gasteiger partial charge in [0.1, 0.15) is 24.1 Å². The molecule has 0 heterocycles. The van der Waals surface area contributed by atoms with Crippen LogP contribution in [0, 0.1) is 17.1 Å². The van der Waals surface area contributed by atoms with Crippen molar-refractivity contribution in [3.05, 3.63) is 107 Å². The summed E-state index contributed by atoms with van der Waals surface area (Å²) in [7, 11) is 2.77. The van der Waals surface area contributed by atoms with Crippen LogP contribution in [0.15, 0.2) is 78.9 Å². The standard InChI is InChI=1S/C29H25FN2O5/c1-4-5-22-14-20(16-26(35-2)27(22)37-18-19-6-10-24(30)11-7-19)15-23(17-31)28(33)32-25-12-8-21(9-13-25)29(34)36-3/h4,6-16H,1,5,18H2,2-3H3,(H,32,33)/b23-15+. The van der Waals surface area contributed by atoms with Crippen molar-refractivity contribution in [1.82, 2.24) is 0 Å². The molecule has 0 spiro atoms. The van der Waals surface area contributed by atoms with Gasteiger partial charge in [-0.2, -0.15) is 5.26 Å². The molecule has 3 rings (SSSR count). The van der Waals surface area contributed by atoms with E-state index in [9.17, 15) is 19.2 Å². The Balaban J connectivity index is 1.85. The van der Waals surface area contributed by atoms with Crippen molar-refractivity contribution in [3.8, 4) is 17.6 Å². The minimum Gasteiger partial charge on any atom is -0.493 e. The minimum atomic E-state index is -0.616. The molecule has 0 saturated heterocycles. The molecule has 37 heavy (non-hydrogen) atoms. The molecule has 0 aromatic heterocycles. The molecule has 3 aromatic carbocycles. The summed E-state index contributed by atoms with van der Waals surface area (Å²) >= 11 is 0. The van der Waals surface area contributed by atoms with E-state index in [0.717, 1.165) is 11.1 Å². The predicted molar refractivity (Wildman–Crippen MR) is 138 cm³/mol. The van der Waals surface area contributed by atoms with Gasteiger partial charge in [0.05, 0.1) is 19.8 Å². The fraction of sp³-hybridized carbons (Fsp3) is 0.138. The van der Waals surface area contributed by atoms with Crippen molar-refractivity contribution >= 4 is 23.6 Å². The van der Waals surface area contributed by atoms with Gasteiger partial charge in [-0.25, -0.2) is 9.18 Å². The number of nitriles is 1. The largest absolute Gasteiger partial charge is 0.493 e. The summed E-state index contributed by atoms with van der Waals surface area (Å²) < 4.78 is 29.4. The first-order valence-corrected chi connectivity index (χ1v) is 11.2. The summed E-state index contributed by atoms with van der Waals surface area (Å²) in [6.45, 7) is 3.98. The fourth-order valence-electron chi connectivity index (χ4n) is 3.45. The van der Waals surface area contributed by atoms with E-state index in [1.807, 2.05) is 6.07 Å². The summed E-state index contributed by atoms with van der Waals surface area (Å²) in [5, 5.41) is 12.3. The van der Waals surface area contributed by atoms with Crippen LogP contribution in [-0.4, -0.2) is 26.1 Å². The zero-order chi connectivity index (χ0) is 26.8. The number of benzene rings is 3. The topological polar surface area (TPSA) is 97.7 Å². The molecule has 0 aliphatic carbocycles. The summed E-state index contributed by atoms with van der Waals surface area (Å²) in [6, 6.07) is 17.4. The Morgan fingerprint density at radius 1 is 1.08 bits per heavy atom. The van der Waals surface area contributed by atoms with Gasteiger partial charge in [-0.05, 0) is 72.2 Å². The Labute approximate surface area is 214 Å². The van der Waals surface area contributed by atoms with Gasteiger partial charge in [0.15, 0.2) is 11.5 Å². The number of hydrogen-bond acceptors (Lipinski definition) is 6. The predicted octanol–water partition coefficient (Wildman–Crippen LogP) is 5.47. The van der Waals surface area contributed by atoms with Gasteiger partial charge in [0, 0.05) is 11.3 Å². The highest BCUT2D eigenvalue weighted by atomic mass is 19.1. The first-order valence-electron chi connectivity index (χ1n) is 11.2. The molecule has 3 aromatic rings. The van der Waals surface area contributed by atoms with Crippen LogP contribution in [0.3, 0.4) is 0 Å². The van der Waals surface area contributed by atoms with E-state index in [-0.39, 0.29) is 18.0 Å².